The first-order chi connectivity index (χ1) is 13.5. The van der Waals surface area contributed by atoms with Gasteiger partial charge in [0.2, 0.25) is 11.8 Å². The Morgan fingerprint density at radius 3 is 2.64 bits per heavy atom. The molecule has 2 aliphatic rings. The molecule has 0 saturated heterocycles. The summed E-state index contributed by atoms with van der Waals surface area (Å²) in [6.07, 6.45) is 1.63. The molecule has 1 spiro atoms. The van der Waals surface area contributed by atoms with E-state index >= 15 is 0 Å². The largest absolute Gasteiger partial charge is 0.497 e. The van der Waals surface area contributed by atoms with Crippen molar-refractivity contribution in [1.29, 1.82) is 0 Å². The van der Waals surface area contributed by atoms with Gasteiger partial charge in [-0.3, -0.25) is 9.59 Å². The minimum absolute atomic E-state index is 0.00647. The average molecular weight is 395 g/mol. The lowest BCUT2D eigenvalue weighted by Gasteiger charge is -2.31. The minimum Gasteiger partial charge on any atom is -0.497 e. The van der Waals surface area contributed by atoms with E-state index in [2.05, 4.69) is 15.7 Å². The van der Waals surface area contributed by atoms with Crippen LogP contribution in [0.4, 0.5) is 11.5 Å². The molecule has 1 atom stereocenters. The number of aromatic nitrogens is 2. The molecule has 2 N–H and O–H groups in total. The molecular formula is C20H15ClN4O3. The second-order valence-electron chi connectivity index (χ2n) is 6.76. The zero-order valence-corrected chi connectivity index (χ0v) is 15.6. The molecule has 0 saturated carbocycles. The van der Waals surface area contributed by atoms with Gasteiger partial charge in [0, 0.05) is 12.0 Å². The van der Waals surface area contributed by atoms with Crippen LogP contribution in [0.5, 0.6) is 5.75 Å². The monoisotopic (exact) mass is 394 g/mol. The maximum atomic E-state index is 13.1. The number of hydrogen-bond donors (Lipinski definition) is 2. The van der Waals surface area contributed by atoms with Crippen molar-refractivity contribution in [1.82, 2.24) is 9.78 Å². The van der Waals surface area contributed by atoms with Crippen molar-refractivity contribution in [2.24, 2.45) is 0 Å². The van der Waals surface area contributed by atoms with Gasteiger partial charge in [-0.1, -0.05) is 23.7 Å². The molecule has 28 heavy (non-hydrogen) atoms. The number of para-hydroxylation sites is 1. The summed E-state index contributed by atoms with van der Waals surface area (Å²) >= 11 is 6.28. The number of halogens is 1. The number of methoxy groups -OCH3 is 1. The molecule has 0 aliphatic carbocycles. The fourth-order valence-corrected chi connectivity index (χ4v) is 4.23. The standard InChI is InChI=1S/C20H15ClN4O3/c1-28-12-7-5-11(6-8-12)25-18-14(10-22-25)20(9-16(26)23-18)13-3-2-4-15(21)17(13)24-19(20)27/h2-8,10H,9H2,1H3,(H,23,26)(H,24,27)/t20-/m1/s1. The molecule has 3 aromatic rings. The zero-order chi connectivity index (χ0) is 19.5. The molecule has 2 aliphatic heterocycles. The highest BCUT2D eigenvalue weighted by molar-refractivity contribution is 6.35. The van der Waals surface area contributed by atoms with Crippen LogP contribution in [0.15, 0.2) is 48.7 Å². The van der Waals surface area contributed by atoms with E-state index in [0.717, 1.165) is 5.69 Å². The van der Waals surface area contributed by atoms with Gasteiger partial charge < -0.3 is 15.4 Å². The molecule has 2 amide bonds. The maximum Gasteiger partial charge on any atom is 0.240 e. The Balaban J connectivity index is 1.72. The minimum atomic E-state index is -1.15. The van der Waals surface area contributed by atoms with Gasteiger partial charge in [0.15, 0.2) is 0 Å². The smallest absolute Gasteiger partial charge is 0.240 e. The van der Waals surface area contributed by atoms with Crippen LogP contribution in [0.2, 0.25) is 5.02 Å². The number of benzene rings is 2. The first kappa shape index (κ1) is 16.8. The normalized spacial score (nSPS) is 19.8. The van der Waals surface area contributed by atoms with Gasteiger partial charge in [-0.15, -0.1) is 0 Å². The van der Waals surface area contributed by atoms with Gasteiger partial charge in [-0.25, -0.2) is 4.68 Å². The van der Waals surface area contributed by atoms with Gasteiger partial charge in [0.05, 0.1) is 29.7 Å². The molecule has 5 rings (SSSR count). The number of nitrogens with zero attached hydrogens (tertiary/aromatic N) is 2. The van der Waals surface area contributed by atoms with Crippen LogP contribution in [-0.2, 0) is 15.0 Å². The Hall–Kier alpha value is -3.32. The van der Waals surface area contributed by atoms with Crippen LogP contribution in [0.3, 0.4) is 0 Å². The maximum absolute atomic E-state index is 13.1. The Morgan fingerprint density at radius 1 is 1.11 bits per heavy atom. The number of fused-ring (bicyclic) bond motifs is 4. The van der Waals surface area contributed by atoms with Gasteiger partial charge >= 0.3 is 0 Å². The molecule has 3 heterocycles. The van der Waals surface area contributed by atoms with Gasteiger partial charge in [0.25, 0.3) is 0 Å². The van der Waals surface area contributed by atoms with Gasteiger partial charge in [0.1, 0.15) is 17.0 Å². The molecule has 0 fully saturated rings. The number of rotatable bonds is 2. The first-order valence-electron chi connectivity index (χ1n) is 8.68. The van der Waals surface area contributed by atoms with Crippen molar-refractivity contribution >= 4 is 34.9 Å². The highest BCUT2D eigenvalue weighted by Gasteiger charge is 2.54. The lowest BCUT2D eigenvalue weighted by molar-refractivity contribution is -0.125. The third-order valence-corrected chi connectivity index (χ3v) is 5.64. The molecule has 0 unspecified atom stereocenters. The molecule has 2 aromatic carbocycles. The molecule has 140 valence electrons. The van der Waals surface area contributed by atoms with Crippen LogP contribution in [0.25, 0.3) is 5.69 Å². The van der Waals surface area contributed by atoms with Crippen LogP contribution < -0.4 is 15.4 Å². The number of carbonyl (C=O) groups is 2. The van der Waals surface area contributed by atoms with E-state index in [1.54, 1.807) is 42.3 Å². The number of amides is 2. The van der Waals surface area contributed by atoms with E-state index in [1.807, 2.05) is 18.2 Å². The van der Waals surface area contributed by atoms with E-state index in [9.17, 15) is 9.59 Å². The third-order valence-electron chi connectivity index (χ3n) is 5.33. The molecule has 0 radical (unpaired) electrons. The second-order valence-corrected chi connectivity index (χ2v) is 7.17. The lowest BCUT2D eigenvalue weighted by Crippen LogP contribution is -2.43. The van der Waals surface area contributed by atoms with Crippen molar-refractivity contribution < 1.29 is 14.3 Å². The number of carbonyl (C=O) groups excluding carboxylic acids is 2. The number of hydrogen-bond acceptors (Lipinski definition) is 4. The van der Waals surface area contributed by atoms with E-state index in [0.29, 0.717) is 33.4 Å². The van der Waals surface area contributed by atoms with Gasteiger partial charge in [-0.05, 0) is 35.9 Å². The Morgan fingerprint density at radius 2 is 1.89 bits per heavy atom. The second kappa shape index (κ2) is 5.84. The molecule has 7 nitrogen and oxygen atoms in total. The summed E-state index contributed by atoms with van der Waals surface area (Å²) in [4.78, 5) is 25.7. The van der Waals surface area contributed by atoms with E-state index in [-0.39, 0.29) is 18.2 Å². The highest BCUT2D eigenvalue weighted by atomic mass is 35.5. The van der Waals surface area contributed by atoms with E-state index < -0.39 is 5.41 Å². The summed E-state index contributed by atoms with van der Waals surface area (Å²) in [5.41, 5.74) is 1.47. The Bertz CT molecular complexity index is 1140. The number of nitrogens with one attached hydrogen (secondary N) is 2. The van der Waals surface area contributed by atoms with E-state index in [1.165, 1.54) is 0 Å². The highest BCUT2D eigenvalue weighted by Crippen LogP contribution is 2.51. The van der Waals surface area contributed by atoms with Gasteiger partial charge in [-0.2, -0.15) is 5.10 Å². The molecule has 0 bridgehead atoms. The van der Waals surface area contributed by atoms with Crippen molar-refractivity contribution in [3.8, 4) is 11.4 Å². The van der Waals surface area contributed by atoms with Crippen LogP contribution in [-0.4, -0.2) is 28.7 Å². The first-order valence-corrected chi connectivity index (χ1v) is 9.05. The SMILES string of the molecule is COc1ccc(-n2ncc3c2NC(=O)C[C@]32C(=O)Nc3c(Cl)cccc32)cc1. The summed E-state index contributed by atoms with van der Waals surface area (Å²) in [6, 6.07) is 12.6. The summed E-state index contributed by atoms with van der Waals surface area (Å²) in [5.74, 6) is 0.653. The Kier molecular flexibility index (Phi) is 3.51. The predicted octanol–water partition coefficient (Wildman–Crippen LogP) is 3.11. The van der Waals surface area contributed by atoms with Crippen molar-refractivity contribution in [2.45, 2.75) is 11.8 Å². The fourth-order valence-electron chi connectivity index (χ4n) is 4.00. The molecular weight excluding hydrogens is 380 g/mol. The predicted molar refractivity (Wildman–Crippen MR) is 104 cm³/mol. The van der Waals surface area contributed by atoms with Crippen LogP contribution in [0.1, 0.15) is 17.5 Å². The average Bonchev–Trinajstić information content (AvgIpc) is 3.23. The summed E-state index contributed by atoms with van der Waals surface area (Å²) in [6.45, 7) is 0. The third kappa shape index (κ3) is 2.13. The van der Waals surface area contributed by atoms with Crippen molar-refractivity contribution in [3.63, 3.8) is 0 Å². The lowest BCUT2D eigenvalue weighted by atomic mass is 9.72. The zero-order valence-electron chi connectivity index (χ0n) is 14.8. The summed E-state index contributed by atoms with van der Waals surface area (Å²) in [5, 5.41) is 10.6. The van der Waals surface area contributed by atoms with Crippen LogP contribution in [0, 0.1) is 0 Å². The number of ether oxygens (including phenoxy) is 1. The summed E-state index contributed by atoms with van der Waals surface area (Å²) < 4.78 is 6.81. The van der Waals surface area contributed by atoms with Crippen molar-refractivity contribution in [3.05, 3.63) is 64.8 Å². The van der Waals surface area contributed by atoms with Crippen molar-refractivity contribution in [2.75, 3.05) is 17.7 Å². The molecule has 8 heteroatoms. The van der Waals surface area contributed by atoms with E-state index in [4.69, 9.17) is 16.3 Å². The quantitative estimate of drug-likeness (QED) is 0.699. The molecule has 1 aromatic heterocycles. The topological polar surface area (TPSA) is 85.2 Å². The number of anilines is 2. The van der Waals surface area contributed by atoms with Crippen LogP contribution >= 0.6 is 11.6 Å². The fraction of sp³-hybridized carbons (Fsp3) is 0.150. The summed E-state index contributed by atoms with van der Waals surface area (Å²) in [7, 11) is 1.59. The Labute approximate surface area is 165 Å².